The van der Waals surface area contributed by atoms with Crippen LogP contribution in [0.1, 0.15) is 5.56 Å². The summed E-state index contributed by atoms with van der Waals surface area (Å²) in [5.41, 5.74) is 0.279. The van der Waals surface area contributed by atoms with Crippen LogP contribution in [-0.2, 0) is 0 Å². The van der Waals surface area contributed by atoms with E-state index in [0.717, 1.165) is 0 Å². The Labute approximate surface area is 79.0 Å². The van der Waals surface area contributed by atoms with Crippen LogP contribution >= 0.6 is 0 Å². The fraction of sp³-hybridized carbons (Fsp3) is 0.100. The van der Waals surface area contributed by atoms with Gasteiger partial charge in [-0.2, -0.15) is 0 Å². The lowest BCUT2D eigenvalue weighted by Gasteiger charge is -2.00. The van der Waals surface area contributed by atoms with Gasteiger partial charge in [0.15, 0.2) is 11.5 Å². The molecule has 2 N–H and O–H groups in total. The van der Waals surface area contributed by atoms with Crippen molar-refractivity contribution < 1.29 is 14.6 Å². The molecule has 1 aromatic carbocycles. The predicted octanol–water partition coefficient (Wildman–Crippen LogP) is 1.51. The molecule has 0 aliphatic carbocycles. The number of phenolic OH excluding ortho intramolecular Hbond substituents is 2. The first kappa shape index (κ1) is 8.62. The number of aromatic hydroxyl groups is 2. The van der Waals surface area contributed by atoms with Crippen molar-refractivity contribution in [2.45, 2.75) is 6.92 Å². The van der Waals surface area contributed by atoms with Crippen molar-refractivity contribution in [3.63, 3.8) is 0 Å². The summed E-state index contributed by atoms with van der Waals surface area (Å²) in [6, 6.07) is 4.16. The number of benzene rings is 1. The first-order valence-corrected chi connectivity index (χ1v) is 4.04. The van der Waals surface area contributed by atoms with E-state index < -0.39 is 5.63 Å². The van der Waals surface area contributed by atoms with Gasteiger partial charge in [-0.05, 0) is 19.1 Å². The Balaban J connectivity index is 2.90. The van der Waals surface area contributed by atoms with Gasteiger partial charge in [0, 0.05) is 17.0 Å². The third-order valence-corrected chi connectivity index (χ3v) is 2.00. The molecule has 1 aromatic heterocycles. The Kier molecular flexibility index (Phi) is 1.70. The second kappa shape index (κ2) is 2.77. The van der Waals surface area contributed by atoms with Crippen LogP contribution in [0.15, 0.2) is 27.4 Å². The summed E-state index contributed by atoms with van der Waals surface area (Å²) in [7, 11) is 0. The molecule has 14 heavy (non-hydrogen) atoms. The average molecular weight is 192 g/mol. The summed E-state index contributed by atoms with van der Waals surface area (Å²) < 4.78 is 4.90. The molecule has 0 radical (unpaired) electrons. The van der Waals surface area contributed by atoms with Gasteiger partial charge >= 0.3 is 5.63 Å². The van der Waals surface area contributed by atoms with Gasteiger partial charge in [0.1, 0.15) is 5.58 Å². The molecule has 0 saturated carbocycles. The topological polar surface area (TPSA) is 70.7 Å². The van der Waals surface area contributed by atoms with Gasteiger partial charge in [-0.25, -0.2) is 4.79 Å². The highest BCUT2D eigenvalue weighted by Gasteiger charge is 2.05. The second-order valence-corrected chi connectivity index (χ2v) is 3.10. The molecule has 0 aliphatic heterocycles. The fourth-order valence-corrected chi connectivity index (χ4v) is 1.25. The number of hydrogen-bond donors (Lipinski definition) is 2. The molecule has 0 fully saturated rings. The van der Waals surface area contributed by atoms with Gasteiger partial charge in [0.2, 0.25) is 0 Å². The van der Waals surface area contributed by atoms with Crippen LogP contribution in [0.2, 0.25) is 0 Å². The van der Waals surface area contributed by atoms with E-state index in [4.69, 9.17) is 9.52 Å². The standard InChI is InChI=1S/C10H8O4/c1-5-2-6-3-7(11)8(12)4-9(6)14-10(5)13/h2-4,11-12H,1H3. The van der Waals surface area contributed by atoms with Gasteiger partial charge in [0.25, 0.3) is 0 Å². The van der Waals surface area contributed by atoms with Crippen LogP contribution in [0.25, 0.3) is 11.0 Å². The Hall–Kier alpha value is -1.97. The molecule has 2 aromatic rings. The smallest absolute Gasteiger partial charge is 0.339 e. The second-order valence-electron chi connectivity index (χ2n) is 3.10. The lowest BCUT2D eigenvalue weighted by molar-refractivity contribution is 0.403. The van der Waals surface area contributed by atoms with Gasteiger partial charge < -0.3 is 14.6 Å². The summed E-state index contributed by atoms with van der Waals surface area (Å²) in [5.74, 6) is -0.532. The van der Waals surface area contributed by atoms with Gasteiger partial charge in [-0.15, -0.1) is 0 Å². The minimum atomic E-state index is -0.442. The van der Waals surface area contributed by atoms with Crippen LogP contribution in [0.3, 0.4) is 0 Å². The minimum Gasteiger partial charge on any atom is -0.504 e. The summed E-state index contributed by atoms with van der Waals surface area (Å²) in [6.45, 7) is 1.62. The molecule has 72 valence electrons. The molecule has 4 heteroatoms. The normalized spacial score (nSPS) is 10.6. The third kappa shape index (κ3) is 1.21. The molecular weight excluding hydrogens is 184 g/mol. The molecule has 4 nitrogen and oxygen atoms in total. The van der Waals surface area contributed by atoms with E-state index in [1.807, 2.05) is 0 Å². The zero-order valence-electron chi connectivity index (χ0n) is 7.44. The maximum Gasteiger partial charge on any atom is 0.339 e. The lowest BCUT2D eigenvalue weighted by Crippen LogP contribution is -2.01. The maximum atomic E-state index is 11.1. The highest BCUT2D eigenvalue weighted by atomic mass is 16.4. The van der Waals surface area contributed by atoms with Crippen molar-refractivity contribution in [3.8, 4) is 11.5 Å². The Morgan fingerprint density at radius 2 is 1.79 bits per heavy atom. The van der Waals surface area contributed by atoms with Crippen LogP contribution in [0.5, 0.6) is 11.5 Å². The molecule has 0 saturated heterocycles. The van der Waals surface area contributed by atoms with Crippen molar-refractivity contribution >= 4 is 11.0 Å². The molecule has 0 amide bonds. The Morgan fingerprint density at radius 1 is 1.14 bits per heavy atom. The van der Waals surface area contributed by atoms with Crippen molar-refractivity contribution in [2.24, 2.45) is 0 Å². The number of fused-ring (bicyclic) bond motifs is 1. The number of hydrogen-bond acceptors (Lipinski definition) is 4. The Morgan fingerprint density at radius 3 is 2.50 bits per heavy atom. The SMILES string of the molecule is Cc1cc2cc(O)c(O)cc2oc1=O. The summed E-state index contributed by atoms with van der Waals surface area (Å²) in [4.78, 5) is 11.1. The molecule has 2 rings (SSSR count). The van der Waals surface area contributed by atoms with Crippen LogP contribution in [0, 0.1) is 6.92 Å². The highest BCUT2D eigenvalue weighted by molar-refractivity contribution is 5.80. The van der Waals surface area contributed by atoms with Gasteiger partial charge in [-0.3, -0.25) is 0 Å². The number of rotatable bonds is 0. The van der Waals surface area contributed by atoms with Crippen molar-refractivity contribution in [2.75, 3.05) is 0 Å². The average Bonchev–Trinajstić information content (AvgIpc) is 2.11. The summed E-state index contributed by atoms with van der Waals surface area (Å²) in [5, 5.41) is 19.0. The van der Waals surface area contributed by atoms with Gasteiger partial charge in [-0.1, -0.05) is 0 Å². The van der Waals surface area contributed by atoms with E-state index in [2.05, 4.69) is 0 Å². The molecule has 0 spiro atoms. The van der Waals surface area contributed by atoms with Gasteiger partial charge in [0.05, 0.1) is 0 Å². The molecule has 1 heterocycles. The van der Waals surface area contributed by atoms with Crippen LogP contribution < -0.4 is 5.63 Å². The van der Waals surface area contributed by atoms with Crippen molar-refractivity contribution in [1.82, 2.24) is 0 Å². The molecule has 0 bridgehead atoms. The quantitative estimate of drug-likeness (QED) is 0.490. The minimum absolute atomic E-state index is 0.231. The molecule has 0 aliphatic rings. The van der Waals surface area contributed by atoms with Crippen molar-refractivity contribution in [3.05, 3.63) is 34.2 Å². The van der Waals surface area contributed by atoms with Crippen molar-refractivity contribution in [1.29, 1.82) is 0 Å². The van der Waals surface area contributed by atoms with E-state index in [1.165, 1.54) is 12.1 Å². The largest absolute Gasteiger partial charge is 0.504 e. The number of phenols is 2. The summed E-state index contributed by atoms with van der Waals surface area (Å²) >= 11 is 0. The molecule has 0 unspecified atom stereocenters. The fourth-order valence-electron chi connectivity index (χ4n) is 1.25. The molecule has 0 atom stereocenters. The van der Waals surface area contributed by atoms with Crippen LogP contribution in [0.4, 0.5) is 0 Å². The van der Waals surface area contributed by atoms with E-state index in [9.17, 15) is 9.90 Å². The van der Waals surface area contributed by atoms with E-state index in [-0.39, 0.29) is 17.1 Å². The monoisotopic (exact) mass is 192 g/mol. The lowest BCUT2D eigenvalue weighted by atomic mass is 10.2. The maximum absolute atomic E-state index is 11.1. The first-order valence-electron chi connectivity index (χ1n) is 4.04. The first-order chi connectivity index (χ1) is 6.58. The van der Waals surface area contributed by atoms with E-state index in [0.29, 0.717) is 10.9 Å². The number of aryl methyl sites for hydroxylation is 1. The van der Waals surface area contributed by atoms with E-state index in [1.54, 1.807) is 13.0 Å². The zero-order valence-corrected chi connectivity index (χ0v) is 7.44. The van der Waals surface area contributed by atoms with Crippen LogP contribution in [-0.4, -0.2) is 10.2 Å². The molecular formula is C10H8O4. The third-order valence-electron chi connectivity index (χ3n) is 2.00. The zero-order chi connectivity index (χ0) is 10.3. The van der Waals surface area contributed by atoms with E-state index >= 15 is 0 Å². The highest BCUT2D eigenvalue weighted by Crippen LogP contribution is 2.29. The predicted molar refractivity (Wildman–Crippen MR) is 50.6 cm³/mol. The summed E-state index contributed by atoms with van der Waals surface area (Å²) in [6.07, 6.45) is 0. The Bertz CT molecular complexity index is 554.